The number of rotatable bonds is 2. The number of hydrogen-bond donors (Lipinski definition) is 0. The molecule has 0 amide bonds. The molecule has 84 valence electrons. The Labute approximate surface area is 95.9 Å². The van der Waals surface area contributed by atoms with E-state index in [0.717, 1.165) is 5.56 Å². The Kier molecular flexibility index (Phi) is 2.82. The summed E-state index contributed by atoms with van der Waals surface area (Å²) in [6.45, 7) is 4.17. The SMILES string of the molecule is CC(C)C1(c2ccccc2)CC(=O)C=CO1. The number of benzene rings is 1. The van der Waals surface area contributed by atoms with Crippen molar-refractivity contribution in [1.82, 2.24) is 0 Å². The van der Waals surface area contributed by atoms with Gasteiger partial charge in [-0.25, -0.2) is 0 Å². The summed E-state index contributed by atoms with van der Waals surface area (Å²) in [7, 11) is 0. The summed E-state index contributed by atoms with van der Waals surface area (Å²) in [5.41, 5.74) is 0.579. The summed E-state index contributed by atoms with van der Waals surface area (Å²) in [6, 6.07) is 9.97. The lowest BCUT2D eigenvalue weighted by molar-refractivity contribution is -0.126. The molecule has 16 heavy (non-hydrogen) atoms. The molecule has 0 radical (unpaired) electrons. The van der Waals surface area contributed by atoms with Gasteiger partial charge in [0.25, 0.3) is 0 Å². The normalized spacial score (nSPS) is 24.6. The van der Waals surface area contributed by atoms with E-state index >= 15 is 0 Å². The first-order chi connectivity index (χ1) is 7.65. The summed E-state index contributed by atoms with van der Waals surface area (Å²) in [4.78, 5) is 11.6. The number of ether oxygens (including phenoxy) is 1. The summed E-state index contributed by atoms with van der Waals surface area (Å²) in [5, 5.41) is 0. The molecule has 2 heteroatoms. The molecule has 2 rings (SSSR count). The van der Waals surface area contributed by atoms with Gasteiger partial charge in [-0.1, -0.05) is 44.2 Å². The zero-order chi connectivity index (χ0) is 11.6. The molecule has 0 saturated carbocycles. The minimum absolute atomic E-state index is 0.129. The van der Waals surface area contributed by atoms with Crippen LogP contribution in [0, 0.1) is 5.92 Å². The molecular formula is C14H16O2. The van der Waals surface area contributed by atoms with Gasteiger partial charge in [-0.15, -0.1) is 0 Å². The first-order valence-corrected chi connectivity index (χ1v) is 5.58. The Morgan fingerprint density at radius 2 is 1.94 bits per heavy atom. The molecule has 0 spiro atoms. The second-order valence-corrected chi connectivity index (χ2v) is 4.47. The Balaban J connectivity index is 2.45. The standard InChI is InChI=1S/C14H16O2/c1-11(2)14(10-13(15)8-9-16-14)12-6-4-3-5-7-12/h3-9,11H,10H2,1-2H3. The lowest BCUT2D eigenvalue weighted by atomic mass is 9.78. The van der Waals surface area contributed by atoms with E-state index in [1.54, 1.807) is 0 Å². The molecule has 0 fully saturated rings. The average molecular weight is 216 g/mol. The van der Waals surface area contributed by atoms with Gasteiger partial charge in [0.2, 0.25) is 0 Å². The molecule has 0 aliphatic carbocycles. The van der Waals surface area contributed by atoms with Gasteiger partial charge in [0.05, 0.1) is 12.7 Å². The van der Waals surface area contributed by atoms with E-state index in [9.17, 15) is 4.79 Å². The molecule has 2 nitrogen and oxygen atoms in total. The molecule has 1 aliphatic heterocycles. The Morgan fingerprint density at radius 1 is 1.25 bits per heavy atom. The molecule has 1 aliphatic rings. The fraction of sp³-hybridized carbons (Fsp3) is 0.357. The summed E-state index contributed by atoms with van der Waals surface area (Å²) >= 11 is 0. The van der Waals surface area contributed by atoms with E-state index < -0.39 is 5.60 Å². The van der Waals surface area contributed by atoms with Gasteiger partial charge in [-0.05, 0) is 11.5 Å². The number of carbonyl (C=O) groups is 1. The van der Waals surface area contributed by atoms with Crippen molar-refractivity contribution < 1.29 is 9.53 Å². The predicted molar refractivity (Wildman–Crippen MR) is 62.8 cm³/mol. The topological polar surface area (TPSA) is 26.3 Å². The van der Waals surface area contributed by atoms with Crippen molar-refractivity contribution in [2.24, 2.45) is 5.92 Å². The fourth-order valence-corrected chi connectivity index (χ4v) is 2.15. The van der Waals surface area contributed by atoms with Gasteiger partial charge in [-0.3, -0.25) is 4.79 Å². The highest BCUT2D eigenvalue weighted by Gasteiger charge is 2.40. The zero-order valence-corrected chi connectivity index (χ0v) is 9.64. The molecule has 0 saturated heterocycles. The maximum atomic E-state index is 11.6. The summed E-state index contributed by atoms with van der Waals surface area (Å²) in [6.07, 6.45) is 3.45. The smallest absolute Gasteiger partial charge is 0.163 e. The monoisotopic (exact) mass is 216 g/mol. The van der Waals surface area contributed by atoms with Gasteiger partial charge in [-0.2, -0.15) is 0 Å². The van der Waals surface area contributed by atoms with Crippen molar-refractivity contribution in [1.29, 1.82) is 0 Å². The van der Waals surface area contributed by atoms with E-state index in [0.29, 0.717) is 6.42 Å². The van der Waals surface area contributed by atoms with Gasteiger partial charge in [0.15, 0.2) is 5.78 Å². The molecule has 1 atom stereocenters. The highest BCUT2D eigenvalue weighted by atomic mass is 16.5. The maximum absolute atomic E-state index is 11.6. The Bertz CT molecular complexity index is 406. The van der Waals surface area contributed by atoms with Crippen LogP contribution >= 0.6 is 0 Å². The second kappa shape index (κ2) is 4.12. The van der Waals surface area contributed by atoms with Crippen LogP contribution in [0.25, 0.3) is 0 Å². The average Bonchev–Trinajstić information content (AvgIpc) is 2.30. The quantitative estimate of drug-likeness (QED) is 0.759. The van der Waals surface area contributed by atoms with Crippen molar-refractivity contribution in [2.45, 2.75) is 25.9 Å². The van der Waals surface area contributed by atoms with Crippen molar-refractivity contribution in [3.05, 3.63) is 48.2 Å². The van der Waals surface area contributed by atoms with Crippen LogP contribution < -0.4 is 0 Å². The molecule has 1 heterocycles. The third-order valence-electron chi connectivity index (χ3n) is 3.16. The molecule has 0 aromatic heterocycles. The van der Waals surface area contributed by atoms with Crippen molar-refractivity contribution >= 4 is 5.78 Å². The van der Waals surface area contributed by atoms with Crippen LogP contribution in [0.5, 0.6) is 0 Å². The lowest BCUT2D eigenvalue weighted by Crippen LogP contribution is -2.38. The van der Waals surface area contributed by atoms with Gasteiger partial charge < -0.3 is 4.74 Å². The van der Waals surface area contributed by atoms with E-state index in [1.165, 1.54) is 12.3 Å². The molecule has 0 bridgehead atoms. The van der Waals surface area contributed by atoms with Crippen molar-refractivity contribution in [2.75, 3.05) is 0 Å². The fourth-order valence-electron chi connectivity index (χ4n) is 2.15. The first kappa shape index (κ1) is 10.9. The molecule has 1 aromatic rings. The van der Waals surface area contributed by atoms with E-state index in [4.69, 9.17) is 4.74 Å². The van der Waals surface area contributed by atoms with Crippen LogP contribution in [0.2, 0.25) is 0 Å². The van der Waals surface area contributed by atoms with E-state index in [1.807, 2.05) is 30.3 Å². The highest BCUT2D eigenvalue weighted by Crippen LogP contribution is 2.39. The Morgan fingerprint density at radius 3 is 2.50 bits per heavy atom. The third-order valence-corrected chi connectivity index (χ3v) is 3.16. The van der Waals surface area contributed by atoms with Crippen LogP contribution in [0.15, 0.2) is 42.7 Å². The van der Waals surface area contributed by atoms with Crippen LogP contribution in [0.4, 0.5) is 0 Å². The maximum Gasteiger partial charge on any atom is 0.163 e. The molecule has 1 aromatic carbocycles. The largest absolute Gasteiger partial charge is 0.489 e. The first-order valence-electron chi connectivity index (χ1n) is 5.58. The third kappa shape index (κ3) is 1.75. The number of hydrogen-bond acceptors (Lipinski definition) is 2. The molecular weight excluding hydrogens is 200 g/mol. The number of ketones is 1. The van der Waals surface area contributed by atoms with Gasteiger partial charge in [0, 0.05) is 6.08 Å². The molecule has 0 N–H and O–H groups in total. The van der Waals surface area contributed by atoms with E-state index in [-0.39, 0.29) is 11.7 Å². The highest BCUT2D eigenvalue weighted by molar-refractivity contribution is 5.91. The minimum Gasteiger partial charge on any atom is -0.489 e. The predicted octanol–water partition coefficient (Wildman–Crippen LogP) is 3.04. The lowest BCUT2D eigenvalue weighted by Gasteiger charge is -2.38. The van der Waals surface area contributed by atoms with Crippen LogP contribution in [-0.4, -0.2) is 5.78 Å². The van der Waals surface area contributed by atoms with Gasteiger partial charge in [0.1, 0.15) is 5.60 Å². The van der Waals surface area contributed by atoms with Crippen LogP contribution in [0.3, 0.4) is 0 Å². The Hall–Kier alpha value is -1.57. The summed E-state index contributed by atoms with van der Waals surface area (Å²) < 4.78 is 5.78. The zero-order valence-electron chi connectivity index (χ0n) is 9.64. The van der Waals surface area contributed by atoms with E-state index in [2.05, 4.69) is 13.8 Å². The van der Waals surface area contributed by atoms with Crippen molar-refractivity contribution in [3.8, 4) is 0 Å². The van der Waals surface area contributed by atoms with Crippen molar-refractivity contribution in [3.63, 3.8) is 0 Å². The number of carbonyl (C=O) groups excluding carboxylic acids is 1. The minimum atomic E-state index is -0.493. The summed E-state index contributed by atoms with van der Waals surface area (Å²) in [5.74, 6) is 0.382. The molecule has 1 unspecified atom stereocenters. The van der Waals surface area contributed by atoms with Crippen LogP contribution in [-0.2, 0) is 15.1 Å². The van der Waals surface area contributed by atoms with Crippen LogP contribution in [0.1, 0.15) is 25.8 Å². The number of allylic oxidation sites excluding steroid dienone is 1. The van der Waals surface area contributed by atoms with Gasteiger partial charge >= 0.3 is 0 Å². The second-order valence-electron chi connectivity index (χ2n) is 4.47.